The van der Waals surface area contributed by atoms with E-state index in [2.05, 4.69) is 0 Å². The van der Waals surface area contributed by atoms with Gasteiger partial charge in [-0.2, -0.15) is 0 Å². The first-order chi connectivity index (χ1) is 10.6. The molecule has 0 N–H and O–H groups in total. The largest absolute Gasteiger partial charge is 0.493 e. The molecule has 1 aromatic carbocycles. The number of fused-ring (bicyclic) bond motifs is 1. The van der Waals surface area contributed by atoms with Crippen LogP contribution in [0.15, 0.2) is 33.5 Å². The van der Waals surface area contributed by atoms with Crippen molar-refractivity contribution in [1.29, 1.82) is 0 Å². The third-order valence-electron chi connectivity index (χ3n) is 4.24. The number of piperidine rings is 1. The Morgan fingerprint density at radius 3 is 2.91 bits per heavy atom. The maximum atomic E-state index is 12.7. The number of para-hydroxylation sites is 1. The van der Waals surface area contributed by atoms with E-state index < -0.39 is 5.63 Å². The first-order valence-corrected chi connectivity index (χ1v) is 7.53. The quantitative estimate of drug-likeness (QED) is 0.800. The molecule has 1 aliphatic heterocycles. The lowest BCUT2D eigenvalue weighted by atomic mass is 10.0. The molecule has 22 heavy (non-hydrogen) atoms. The van der Waals surface area contributed by atoms with Crippen LogP contribution in [0.5, 0.6) is 5.75 Å². The van der Waals surface area contributed by atoms with E-state index in [-0.39, 0.29) is 17.5 Å². The molecule has 1 saturated heterocycles. The molecule has 1 aromatic heterocycles. The van der Waals surface area contributed by atoms with E-state index in [0.29, 0.717) is 23.3 Å². The van der Waals surface area contributed by atoms with Gasteiger partial charge in [0.1, 0.15) is 5.56 Å². The van der Waals surface area contributed by atoms with Crippen molar-refractivity contribution in [3.63, 3.8) is 0 Å². The third kappa shape index (κ3) is 2.47. The molecular formula is C17H19NO4. The lowest BCUT2D eigenvalue weighted by Gasteiger charge is -2.33. The predicted molar refractivity (Wildman–Crippen MR) is 83.4 cm³/mol. The van der Waals surface area contributed by atoms with Crippen molar-refractivity contribution < 1.29 is 13.9 Å². The minimum Gasteiger partial charge on any atom is -0.493 e. The molecule has 5 heteroatoms. The Kier molecular flexibility index (Phi) is 3.88. The minimum atomic E-state index is -0.611. The zero-order valence-corrected chi connectivity index (χ0v) is 12.8. The van der Waals surface area contributed by atoms with Crippen LogP contribution in [0.2, 0.25) is 0 Å². The van der Waals surface area contributed by atoms with Crippen molar-refractivity contribution in [2.24, 2.45) is 0 Å². The van der Waals surface area contributed by atoms with E-state index in [1.54, 1.807) is 29.2 Å². The van der Waals surface area contributed by atoms with E-state index >= 15 is 0 Å². The van der Waals surface area contributed by atoms with E-state index in [9.17, 15) is 9.59 Å². The summed E-state index contributed by atoms with van der Waals surface area (Å²) in [6.07, 6.45) is 3.07. The summed E-state index contributed by atoms with van der Waals surface area (Å²) in [5, 5.41) is 0.687. The van der Waals surface area contributed by atoms with Crippen molar-refractivity contribution in [3.05, 3.63) is 40.2 Å². The monoisotopic (exact) mass is 301 g/mol. The van der Waals surface area contributed by atoms with Gasteiger partial charge in [0.05, 0.1) is 7.11 Å². The Morgan fingerprint density at radius 1 is 1.36 bits per heavy atom. The Balaban J connectivity index is 2.05. The highest BCUT2D eigenvalue weighted by Gasteiger charge is 2.27. The molecule has 1 atom stereocenters. The second kappa shape index (κ2) is 5.83. The molecule has 1 amide bonds. The van der Waals surface area contributed by atoms with Crippen molar-refractivity contribution in [2.45, 2.75) is 32.2 Å². The van der Waals surface area contributed by atoms with Gasteiger partial charge in [0.25, 0.3) is 5.91 Å². The van der Waals surface area contributed by atoms with Crippen molar-refractivity contribution in [3.8, 4) is 5.75 Å². The molecule has 1 fully saturated rings. The average molecular weight is 301 g/mol. The Bertz CT molecular complexity index is 765. The topological polar surface area (TPSA) is 59.8 Å². The van der Waals surface area contributed by atoms with Gasteiger partial charge in [0, 0.05) is 18.0 Å². The van der Waals surface area contributed by atoms with E-state index in [4.69, 9.17) is 9.15 Å². The smallest absolute Gasteiger partial charge is 0.349 e. The minimum absolute atomic E-state index is 0.0921. The zero-order valence-electron chi connectivity index (χ0n) is 12.8. The summed E-state index contributed by atoms with van der Waals surface area (Å²) in [6, 6.07) is 7.09. The van der Waals surface area contributed by atoms with Gasteiger partial charge in [-0.05, 0) is 38.3 Å². The summed E-state index contributed by atoms with van der Waals surface area (Å²) in [6.45, 7) is 2.71. The fourth-order valence-electron chi connectivity index (χ4n) is 2.98. The molecule has 5 nitrogen and oxygen atoms in total. The highest BCUT2D eigenvalue weighted by molar-refractivity contribution is 5.97. The van der Waals surface area contributed by atoms with Gasteiger partial charge in [-0.25, -0.2) is 4.79 Å². The van der Waals surface area contributed by atoms with Crippen LogP contribution in [0.3, 0.4) is 0 Å². The number of hydrogen-bond donors (Lipinski definition) is 0. The molecule has 116 valence electrons. The van der Waals surface area contributed by atoms with Gasteiger partial charge in [-0.3, -0.25) is 4.79 Å². The van der Waals surface area contributed by atoms with Gasteiger partial charge < -0.3 is 14.1 Å². The van der Waals surface area contributed by atoms with Crippen molar-refractivity contribution in [1.82, 2.24) is 4.90 Å². The number of carbonyl (C=O) groups is 1. The van der Waals surface area contributed by atoms with Crippen LogP contribution >= 0.6 is 0 Å². The number of ether oxygens (including phenoxy) is 1. The van der Waals surface area contributed by atoms with E-state index in [1.807, 2.05) is 6.92 Å². The number of rotatable bonds is 2. The van der Waals surface area contributed by atoms with Gasteiger partial charge in [0.15, 0.2) is 11.3 Å². The fraction of sp³-hybridized carbons (Fsp3) is 0.412. The number of likely N-dealkylation sites (tertiary alicyclic amines) is 1. The van der Waals surface area contributed by atoms with E-state index in [0.717, 1.165) is 19.3 Å². The van der Waals surface area contributed by atoms with Crippen LogP contribution in [0.25, 0.3) is 11.0 Å². The molecule has 2 aromatic rings. The molecule has 0 aliphatic carbocycles. The number of amides is 1. The predicted octanol–water partition coefficient (Wildman–Crippen LogP) is 2.82. The van der Waals surface area contributed by atoms with Crippen molar-refractivity contribution in [2.75, 3.05) is 13.7 Å². The molecule has 3 rings (SSSR count). The van der Waals surface area contributed by atoms with Gasteiger partial charge in [-0.15, -0.1) is 0 Å². The molecule has 2 heterocycles. The third-order valence-corrected chi connectivity index (χ3v) is 4.24. The van der Waals surface area contributed by atoms with Gasteiger partial charge in [0.2, 0.25) is 0 Å². The molecule has 0 saturated carbocycles. The van der Waals surface area contributed by atoms with Crippen LogP contribution in [-0.2, 0) is 0 Å². The highest BCUT2D eigenvalue weighted by atomic mass is 16.5. The second-order valence-corrected chi connectivity index (χ2v) is 5.67. The summed E-state index contributed by atoms with van der Waals surface area (Å²) in [5.41, 5.74) is -0.146. The second-order valence-electron chi connectivity index (χ2n) is 5.67. The number of nitrogens with zero attached hydrogens (tertiary/aromatic N) is 1. The summed E-state index contributed by atoms with van der Waals surface area (Å²) in [7, 11) is 1.52. The Hall–Kier alpha value is -2.30. The lowest BCUT2D eigenvalue weighted by Crippen LogP contribution is -2.43. The summed E-state index contributed by atoms with van der Waals surface area (Å²) < 4.78 is 10.5. The van der Waals surface area contributed by atoms with Crippen LogP contribution < -0.4 is 10.4 Å². The van der Waals surface area contributed by atoms with Crippen LogP contribution in [0.1, 0.15) is 36.5 Å². The maximum Gasteiger partial charge on any atom is 0.349 e. The Labute approximate surface area is 128 Å². The number of benzene rings is 1. The maximum absolute atomic E-state index is 12.7. The lowest BCUT2D eigenvalue weighted by molar-refractivity contribution is 0.0631. The summed E-state index contributed by atoms with van der Waals surface area (Å²) in [5.74, 6) is 0.241. The first kappa shape index (κ1) is 14.6. The van der Waals surface area contributed by atoms with Crippen LogP contribution in [0, 0.1) is 0 Å². The first-order valence-electron chi connectivity index (χ1n) is 7.53. The molecule has 0 bridgehead atoms. The average Bonchev–Trinajstić information content (AvgIpc) is 2.53. The molecule has 0 spiro atoms. The highest BCUT2D eigenvalue weighted by Crippen LogP contribution is 2.25. The van der Waals surface area contributed by atoms with E-state index in [1.165, 1.54) is 7.11 Å². The summed E-state index contributed by atoms with van der Waals surface area (Å²) >= 11 is 0. The number of methoxy groups -OCH3 is 1. The summed E-state index contributed by atoms with van der Waals surface area (Å²) in [4.78, 5) is 26.7. The zero-order chi connectivity index (χ0) is 15.7. The van der Waals surface area contributed by atoms with Crippen LogP contribution in [-0.4, -0.2) is 30.5 Å². The molecular weight excluding hydrogens is 282 g/mol. The normalized spacial score (nSPS) is 18.5. The molecule has 0 unspecified atom stereocenters. The van der Waals surface area contributed by atoms with Gasteiger partial charge >= 0.3 is 5.63 Å². The molecule has 0 radical (unpaired) electrons. The van der Waals surface area contributed by atoms with Crippen LogP contribution in [0.4, 0.5) is 0 Å². The molecule has 1 aliphatic rings. The SMILES string of the molecule is COc1cccc2cc(C(=O)N3CCCC[C@@H]3C)c(=O)oc12. The fourth-order valence-corrected chi connectivity index (χ4v) is 2.98. The Morgan fingerprint density at radius 2 is 2.18 bits per heavy atom. The van der Waals surface area contributed by atoms with Gasteiger partial charge in [-0.1, -0.05) is 12.1 Å². The number of hydrogen-bond acceptors (Lipinski definition) is 4. The number of carbonyl (C=O) groups excluding carboxylic acids is 1. The standard InChI is InChI=1S/C17H19NO4/c1-11-6-3-4-9-18(11)16(19)13-10-12-7-5-8-14(21-2)15(12)22-17(13)20/h5,7-8,10-11H,3-4,6,9H2,1-2H3/t11-/m0/s1. The van der Waals surface area contributed by atoms with Crippen molar-refractivity contribution >= 4 is 16.9 Å².